The van der Waals surface area contributed by atoms with Gasteiger partial charge >= 0.3 is 0 Å². The second kappa shape index (κ2) is 2.40. The van der Waals surface area contributed by atoms with E-state index < -0.39 is 0 Å². The Labute approximate surface area is 56.2 Å². The minimum absolute atomic E-state index is 0.933. The summed E-state index contributed by atoms with van der Waals surface area (Å²) in [5.41, 5.74) is 0. The highest BCUT2D eigenvalue weighted by Crippen LogP contribution is 2.30. The second-order valence-electron chi connectivity index (χ2n) is 1.42. The molecule has 0 nitrogen and oxygen atoms in total. The third-order valence-electron chi connectivity index (χ3n) is 0.874. The van der Waals surface area contributed by atoms with Gasteiger partial charge in [0.1, 0.15) is 0 Å². The van der Waals surface area contributed by atoms with Gasteiger partial charge in [-0.05, 0) is 18.6 Å². The van der Waals surface area contributed by atoms with Gasteiger partial charge in [-0.1, -0.05) is 22.6 Å². The predicted molar refractivity (Wildman–Crippen MR) is 39.5 cm³/mol. The first-order chi connectivity index (χ1) is 2.89. The molecule has 1 aliphatic rings. The Balaban J connectivity index is 2.18. The van der Waals surface area contributed by atoms with Gasteiger partial charge in [0.25, 0.3) is 0 Å². The van der Waals surface area contributed by atoms with Crippen LogP contribution in [-0.2, 0) is 0 Å². The Morgan fingerprint density at radius 1 is 1.67 bits per heavy atom. The largest absolute Gasteiger partial charge is 0.148 e. The number of hydrogen-bond acceptors (Lipinski definition) is 1. The van der Waals surface area contributed by atoms with Gasteiger partial charge in [-0.2, -0.15) is 0 Å². The molecule has 1 unspecified atom stereocenters. The summed E-state index contributed by atoms with van der Waals surface area (Å²) in [5.74, 6) is 1.40. The molecule has 0 aliphatic carbocycles. The number of rotatable bonds is 0. The highest BCUT2D eigenvalue weighted by atomic mass is 127. The lowest BCUT2D eigenvalue weighted by Crippen LogP contribution is -1.74. The van der Waals surface area contributed by atoms with Gasteiger partial charge in [-0.15, -0.1) is 11.8 Å². The Morgan fingerprint density at radius 3 is 2.67 bits per heavy atom. The predicted octanol–water partition coefficient (Wildman–Crippen LogP) is 2.27. The van der Waals surface area contributed by atoms with Crippen LogP contribution >= 0.6 is 34.4 Å². The number of thioether (sulfide) groups is 1. The zero-order chi connectivity index (χ0) is 4.41. The van der Waals surface area contributed by atoms with Crippen LogP contribution < -0.4 is 0 Å². The first-order valence-electron chi connectivity index (χ1n) is 2.15. The van der Waals surface area contributed by atoms with Crippen LogP contribution in [0.4, 0.5) is 0 Å². The average Bonchev–Trinajstić information content (AvgIpc) is 1.86. The molecular formula is C4H7IS. The molecule has 2 heteroatoms. The van der Waals surface area contributed by atoms with Gasteiger partial charge in [0.2, 0.25) is 0 Å². The van der Waals surface area contributed by atoms with Crippen molar-refractivity contribution in [3.05, 3.63) is 0 Å². The molecular weight excluding hydrogens is 207 g/mol. The van der Waals surface area contributed by atoms with Crippen LogP contribution in [-0.4, -0.2) is 9.01 Å². The standard InChI is InChI=1S/C4H7IS/c5-4-2-1-3-6-4/h4H,1-3H2. The molecule has 1 atom stereocenters. The van der Waals surface area contributed by atoms with Crippen molar-refractivity contribution in [2.75, 3.05) is 5.75 Å². The van der Waals surface area contributed by atoms with Crippen molar-refractivity contribution in [2.45, 2.75) is 16.1 Å². The Bertz CT molecular complexity index is 40.8. The summed E-state index contributed by atoms with van der Waals surface area (Å²) in [7, 11) is 0. The van der Waals surface area contributed by atoms with Crippen molar-refractivity contribution >= 4 is 34.4 Å². The summed E-state index contributed by atoms with van der Waals surface area (Å²) in [4.78, 5) is 0. The number of alkyl halides is 1. The fourth-order valence-corrected chi connectivity index (χ4v) is 2.66. The van der Waals surface area contributed by atoms with Gasteiger partial charge in [-0.3, -0.25) is 0 Å². The van der Waals surface area contributed by atoms with Gasteiger partial charge < -0.3 is 0 Å². The monoisotopic (exact) mass is 214 g/mol. The summed E-state index contributed by atoms with van der Waals surface area (Å²) in [6.07, 6.45) is 2.88. The van der Waals surface area contributed by atoms with Crippen LogP contribution in [0.1, 0.15) is 12.8 Å². The summed E-state index contributed by atoms with van der Waals surface area (Å²) in [6, 6.07) is 0. The maximum atomic E-state index is 2.49. The van der Waals surface area contributed by atoms with Gasteiger partial charge in [0, 0.05) is 0 Å². The first kappa shape index (κ1) is 5.22. The van der Waals surface area contributed by atoms with E-state index in [1.54, 1.807) is 0 Å². The van der Waals surface area contributed by atoms with E-state index in [0.717, 1.165) is 3.26 Å². The summed E-state index contributed by atoms with van der Waals surface area (Å²) >= 11 is 4.58. The quantitative estimate of drug-likeness (QED) is 0.440. The molecule has 1 heterocycles. The topological polar surface area (TPSA) is 0 Å². The molecule has 1 rings (SSSR count). The molecule has 0 aromatic carbocycles. The van der Waals surface area contributed by atoms with E-state index >= 15 is 0 Å². The molecule has 0 amide bonds. The smallest absolute Gasteiger partial charge is 0.0564 e. The van der Waals surface area contributed by atoms with E-state index in [1.807, 2.05) is 0 Å². The molecule has 0 aromatic heterocycles. The summed E-state index contributed by atoms with van der Waals surface area (Å²) in [6.45, 7) is 0. The van der Waals surface area contributed by atoms with E-state index in [2.05, 4.69) is 34.4 Å². The minimum atomic E-state index is 0.933. The SMILES string of the molecule is IC1CCCS1. The first-order valence-corrected chi connectivity index (χ1v) is 4.45. The average molecular weight is 214 g/mol. The van der Waals surface area contributed by atoms with Crippen molar-refractivity contribution < 1.29 is 0 Å². The highest BCUT2D eigenvalue weighted by molar-refractivity contribution is 14.1. The molecule has 36 valence electrons. The van der Waals surface area contributed by atoms with Crippen molar-refractivity contribution in [3.63, 3.8) is 0 Å². The molecule has 1 aliphatic heterocycles. The Kier molecular flexibility index (Phi) is 2.09. The molecule has 0 spiro atoms. The molecule has 0 aromatic rings. The lowest BCUT2D eigenvalue weighted by atomic mass is 10.4. The molecule has 1 saturated heterocycles. The zero-order valence-electron chi connectivity index (χ0n) is 3.48. The van der Waals surface area contributed by atoms with Crippen molar-refractivity contribution in [2.24, 2.45) is 0 Å². The van der Waals surface area contributed by atoms with Crippen molar-refractivity contribution in [3.8, 4) is 0 Å². The van der Waals surface area contributed by atoms with Gasteiger partial charge in [-0.25, -0.2) is 0 Å². The molecule has 1 fully saturated rings. The van der Waals surface area contributed by atoms with E-state index in [0.29, 0.717) is 0 Å². The van der Waals surface area contributed by atoms with E-state index in [4.69, 9.17) is 0 Å². The minimum Gasteiger partial charge on any atom is -0.148 e. The van der Waals surface area contributed by atoms with Crippen LogP contribution in [0, 0.1) is 0 Å². The zero-order valence-corrected chi connectivity index (χ0v) is 6.46. The van der Waals surface area contributed by atoms with Crippen LogP contribution in [0.25, 0.3) is 0 Å². The van der Waals surface area contributed by atoms with E-state index in [9.17, 15) is 0 Å². The molecule has 0 radical (unpaired) electrons. The van der Waals surface area contributed by atoms with Crippen LogP contribution in [0.3, 0.4) is 0 Å². The summed E-state index contributed by atoms with van der Waals surface area (Å²) < 4.78 is 0.933. The highest BCUT2D eigenvalue weighted by Gasteiger charge is 2.09. The normalized spacial score (nSPS) is 34.5. The van der Waals surface area contributed by atoms with Gasteiger partial charge in [0.15, 0.2) is 0 Å². The van der Waals surface area contributed by atoms with E-state index in [1.165, 1.54) is 18.6 Å². The molecule has 6 heavy (non-hydrogen) atoms. The van der Waals surface area contributed by atoms with Crippen LogP contribution in [0.2, 0.25) is 0 Å². The molecule has 0 saturated carbocycles. The van der Waals surface area contributed by atoms with Crippen LogP contribution in [0.5, 0.6) is 0 Å². The van der Waals surface area contributed by atoms with Crippen LogP contribution in [0.15, 0.2) is 0 Å². The molecule has 0 bridgehead atoms. The number of hydrogen-bond donors (Lipinski definition) is 0. The fraction of sp³-hybridized carbons (Fsp3) is 1.00. The lowest BCUT2D eigenvalue weighted by molar-refractivity contribution is 0.937. The van der Waals surface area contributed by atoms with Gasteiger partial charge in [0.05, 0.1) is 3.26 Å². The Hall–Kier alpha value is 1.08. The van der Waals surface area contributed by atoms with E-state index in [-0.39, 0.29) is 0 Å². The Morgan fingerprint density at radius 2 is 2.50 bits per heavy atom. The maximum Gasteiger partial charge on any atom is 0.0564 e. The third-order valence-corrected chi connectivity index (χ3v) is 3.70. The number of halogens is 1. The fourth-order valence-electron chi connectivity index (χ4n) is 0.538. The maximum absolute atomic E-state index is 2.49. The van der Waals surface area contributed by atoms with Crippen molar-refractivity contribution in [1.29, 1.82) is 0 Å². The summed E-state index contributed by atoms with van der Waals surface area (Å²) in [5, 5.41) is 0. The van der Waals surface area contributed by atoms with Crippen molar-refractivity contribution in [1.82, 2.24) is 0 Å². The third kappa shape index (κ3) is 1.30. The lowest BCUT2D eigenvalue weighted by Gasteiger charge is -1.88. The second-order valence-corrected chi connectivity index (χ2v) is 5.08. The molecule has 0 N–H and O–H groups in total.